The van der Waals surface area contributed by atoms with Gasteiger partial charge in [-0.2, -0.15) is 37.3 Å². The van der Waals surface area contributed by atoms with Crippen LogP contribution in [0.4, 0.5) is 0 Å². The maximum Gasteiger partial charge on any atom is 0.269 e. The third kappa shape index (κ3) is 12.3. The molecule has 0 saturated heterocycles. The quantitative estimate of drug-likeness (QED) is 0.0234. The van der Waals surface area contributed by atoms with Crippen LogP contribution in [0.15, 0.2) is 25.4 Å². The number of ether oxygens (including phenoxy) is 2. The predicted molar refractivity (Wildman–Crippen MR) is 213 cm³/mol. The molecule has 0 aromatic carbocycles. The molecule has 6 fully saturated rings. The van der Waals surface area contributed by atoms with Gasteiger partial charge in [0.05, 0.1) is 53.0 Å². The summed E-state index contributed by atoms with van der Waals surface area (Å²) in [5.74, 6) is -1.13. The van der Waals surface area contributed by atoms with Gasteiger partial charge >= 0.3 is 0 Å². The van der Waals surface area contributed by atoms with Crippen molar-refractivity contribution in [2.24, 2.45) is 54.9 Å². The summed E-state index contributed by atoms with van der Waals surface area (Å²) in [4.78, 5) is 4.82. The lowest BCUT2D eigenvalue weighted by Crippen LogP contribution is -2.57. The Hall–Kier alpha value is -1.17. The molecule has 16 unspecified atom stereocenters. The second-order valence-electron chi connectivity index (χ2n) is 16.9. The standard InChI is InChI=1S/C34H58N6O15S4/c1-50-29-16-27(38-37-20-8-7-18-9-22(56-54-52-42)13-31(23(18)12-20)58(44,45)46)26(36-17-51-21-5-3-2-4-6-21)15-28(29)39-40-33-30(57-55-53-43)10-19-11-32(59(47,48)49)25(35)14-24(19)34(33)41/h17-34,41-43H,2-16,35H2,1H3,(H,44,45,46)(H,47,48,49). The summed E-state index contributed by atoms with van der Waals surface area (Å²) < 4.78 is 90.5. The molecule has 338 valence electrons. The van der Waals surface area contributed by atoms with Crippen LogP contribution in [0.25, 0.3) is 0 Å². The molecular weight excluding hydrogens is 861 g/mol. The van der Waals surface area contributed by atoms with Crippen molar-refractivity contribution in [2.75, 3.05) is 7.11 Å². The van der Waals surface area contributed by atoms with Crippen molar-refractivity contribution >= 4 is 50.7 Å². The Labute approximate surface area is 353 Å². The number of aliphatic imine (C=N–C) groups is 1. The summed E-state index contributed by atoms with van der Waals surface area (Å²) in [5.41, 5.74) is 6.19. The van der Waals surface area contributed by atoms with Crippen molar-refractivity contribution in [3.05, 3.63) is 0 Å². The highest BCUT2D eigenvalue weighted by molar-refractivity contribution is 7.95. The van der Waals surface area contributed by atoms with Crippen molar-refractivity contribution in [1.82, 2.24) is 0 Å². The fourth-order valence-electron chi connectivity index (χ4n) is 10.5. The number of fused-ring (bicyclic) bond motifs is 2. The van der Waals surface area contributed by atoms with Crippen LogP contribution in [0.1, 0.15) is 96.3 Å². The first-order valence-corrected chi connectivity index (χ1v) is 24.9. The molecular formula is C34H58N6O15S4. The van der Waals surface area contributed by atoms with Gasteiger partial charge in [-0.05, 0) is 107 Å². The molecule has 6 aliphatic carbocycles. The van der Waals surface area contributed by atoms with Crippen LogP contribution in [0, 0.1) is 23.7 Å². The Morgan fingerprint density at radius 3 is 2.10 bits per heavy atom. The summed E-state index contributed by atoms with van der Waals surface area (Å²) >= 11 is 1.57. The third-order valence-corrected chi connectivity index (χ3v) is 17.8. The molecule has 0 heterocycles. The summed E-state index contributed by atoms with van der Waals surface area (Å²) in [6, 6.07) is -3.48. The molecule has 0 radical (unpaired) electrons. The second-order valence-corrected chi connectivity index (χ2v) is 22.1. The highest BCUT2D eigenvalue weighted by Gasteiger charge is 2.52. The Balaban J connectivity index is 1.18. The lowest BCUT2D eigenvalue weighted by atomic mass is 9.66. The monoisotopic (exact) mass is 918 g/mol. The van der Waals surface area contributed by atoms with Gasteiger partial charge in [-0.15, -0.1) is 8.67 Å². The van der Waals surface area contributed by atoms with E-state index in [9.17, 15) is 31.0 Å². The molecule has 21 nitrogen and oxygen atoms in total. The van der Waals surface area contributed by atoms with Crippen molar-refractivity contribution in [1.29, 1.82) is 0 Å². The fraction of sp³-hybridized carbons (Fsp3) is 0.971. The number of methoxy groups -OCH3 is 1. The first kappa shape index (κ1) is 47.3. The van der Waals surface area contributed by atoms with Crippen LogP contribution >= 0.6 is 24.1 Å². The van der Waals surface area contributed by atoms with Gasteiger partial charge in [0.15, 0.2) is 6.40 Å². The van der Waals surface area contributed by atoms with Gasteiger partial charge in [0.2, 0.25) is 0 Å². The molecule has 16 atom stereocenters. The van der Waals surface area contributed by atoms with Crippen molar-refractivity contribution in [2.45, 2.75) is 172 Å². The summed E-state index contributed by atoms with van der Waals surface area (Å²) in [7, 11) is -7.26. The van der Waals surface area contributed by atoms with E-state index in [0.29, 0.717) is 44.9 Å². The summed E-state index contributed by atoms with van der Waals surface area (Å²) in [5, 5.41) is 52.6. The molecule has 6 rings (SSSR count). The van der Waals surface area contributed by atoms with E-state index < -0.39 is 84.3 Å². The van der Waals surface area contributed by atoms with Gasteiger partial charge in [0.1, 0.15) is 11.3 Å². The predicted octanol–water partition coefficient (Wildman–Crippen LogP) is 4.64. The minimum atomic E-state index is -4.42. The van der Waals surface area contributed by atoms with E-state index in [0.717, 1.165) is 49.8 Å². The number of nitrogens with two attached hydrogens (primary N) is 1. The van der Waals surface area contributed by atoms with E-state index in [1.165, 1.54) is 12.8 Å². The number of hydrogen-bond acceptors (Lipinski definition) is 21. The van der Waals surface area contributed by atoms with E-state index in [4.69, 9.17) is 50.4 Å². The SMILES string of the molecule is COC1CC(N=NC2CCC3CC(SOOO)CC(S(=O)(=O)O)C3C2)C(N=COC2CCCCC2)CC1N=NC1C(SOOO)CC2CC(S(=O)(=O)O)C(N)CC2C1O. The normalized spacial score (nSPS) is 41.6. The molecule has 0 aliphatic heterocycles. The van der Waals surface area contributed by atoms with Gasteiger partial charge in [-0.25, -0.2) is 10.5 Å². The Kier molecular flexibility index (Phi) is 17.2. The van der Waals surface area contributed by atoms with Crippen LogP contribution in [0.5, 0.6) is 0 Å². The minimum Gasteiger partial charge on any atom is -0.480 e. The van der Waals surface area contributed by atoms with Crippen LogP contribution < -0.4 is 5.73 Å². The molecule has 0 spiro atoms. The zero-order valence-electron chi connectivity index (χ0n) is 32.8. The number of hydrogen-bond donors (Lipinski definition) is 6. The Morgan fingerprint density at radius 1 is 0.695 bits per heavy atom. The molecule has 25 heteroatoms. The fourth-order valence-corrected chi connectivity index (χ4v) is 14.5. The average Bonchev–Trinajstić information content (AvgIpc) is 3.20. The molecule has 59 heavy (non-hydrogen) atoms. The highest BCUT2D eigenvalue weighted by atomic mass is 32.2. The third-order valence-electron chi connectivity index (χ3n) is 13.5. The molecule has 0 aromatic rings. The van der Waals surface area contributed by atoms with Gasteiger partial charge in [0.25, 0.3) is 20.2 Å². The first-order chi connectivity index (χ1) is 28.2. The van der Waals surface area contributed by atoms with Crippen LogP contribution in [0.3, 0.4) is 0 Å². The number of azo groups is 2. The maximum atomic E-state index is 12.5. The van der Waals surface area contributed by atoms with E-state index >= 15 is 0 Å². The lowest BCUT2D eigenvalue weighted by Gasteiger charge is -2.47. The van der Waals surface area contributed by atoms with Crippen LogP contribution in [-0.4, -0.2) is 131 Å². The Morgan fingerprint density at radius 2 is 1.41 bits per heavy atom. The molecule has 7 N–H and O–H groups in total. The second kappa shape index (κ2) is 21.5. The summed E-state index contributed by atoms with van der Waals surface area (Å²) in [6.07, 6.45) is 8.85. The zero-order chi connectivity index (χ0) is 42.3. The van der Waals surface area contributed by atoms with Gasteiger partial charge < -0.3 is 20.3 Å². The van der Waals surface area contributed by atoms with E-state index in [2.05, 4.69) is 19.5 Å². The topological polar surface area (TPSA) is 313 Å². The van der Waals surface area contributed by atoms with Crippen LogP contribution in [0.2, 0.25) is 0 Å². The van der Waals surface area contributed by atoms with E-state index in [1.807, 2.05) is 0 Å². The summed E-state index contributed by atoms with van der Waals surface area (Å²) in [6.45, 7) is 0. The molecule has 0 amide bonds. The lowest BCUT2D eigenvalue weighted by molar-refractivity contribution is -0.432. The largest absolute Gasteiger partial charge is 0.480 e. The van der Waals surface area contributed by atoms with E-state index in [1.54, 1.807) is 7.11 Å². The van der Waals surface area contributed by atoms with E-state index in [-0.39, 0.29) is 54.4 Å². The number of aliphatic hydroxyl groups is 1. The number of aliphatic hydroxyl groups excluding tert-OH is 1. The zero-order valence-corrected chi connectivity index (χ0v) is 36.0. The maximum absolute atomic E-state index is 12.5. The molecule has 0 aromatic heterocycles. The molecule has 6 saturated carbocycles. The molecule has 6 aliphatic rings. The van der Waals surface area contributed by atoms with Crippen LogP contribution in [-0.2, 0) is 48.5 Å². The first-order valence-electron chi connectivity index (χ1n) is 20.3. The van der Waals surface area contributed by atoms with Crippen molar-refractivity contribution < 1.29 is 69.8 Å². The van der Waals surface area contributed by atoms with Crippen molar-refractivity contribution in [3.63, 3.8) is 0 Å². The van der Waals surface area contributed by atoms with Gasteiger partial charge in [-0.3, -0.25) is 14.1 Å². The number of nitrogens with zero attached hydrogens (tertiary/aromatic N) is 5. The van der Waals surface area contributed by atoms with Crippen molar-refractivity contribution in [3.8, 4) is 0 Å². The van der Waals surface area contributed by atoms with Gasteiger partial charge in [-0.1, -0.05) is 16.5 Å². The molecule has 0 bridgehead atoms. The van der Waals surface area contributed by atoms with Gasteiger partial charge in [0, 0.05) is 48.9 Å². The Bertz CT molecular complexity index is 1660. The number of rotatable bonds is 16. The highest BCUT2D eigenvalue weighted by Crippen LogP contribution is 2.48. The minimum absolute atomic E-state index is 0.00684. The smallest absolute Gasteiger partial charge is 0.269 e. The average molecular weight is 919 g/mol.